The molecule has 0 atom stereocenters. The van der Waals surface area contributed by atoms with E-state index in [0.29, 0.717) is 11.4 Å². The third-order valence-corrected chi connectivity index (χ3v) is 2.66. The molecular formula is C13H14N2O3. The largest absolute Gasteiger partial charge is 0.464 e. The topological polar surface area (TPSA) is 64.3 Å². The highest BCUT2D eigenvalue weighted by Crippen LogP contribution is 2.17. The Kier molecular flexibility index (Phi) is 3.43. The Morgan fingerprint density at radius 2 is 2.17 bits per heavy atom. The molecule has 1 N–H and O–H groups in total. The van der Waals surface area contributed by atoms with Crippen LogP contribution in [0.3, 0.4) is 0 Å². The van der Waals surface area contributed by atoms with Crippen molar-refractivity contribution >= 4 is 5.97 Å². The standard InChI is InChI=1S/C13H14N2O3/c1-9-5-3-4-6-11(9)15-12(13(17)18-2)7-10(8-16)14-15/h3-7,16H,8H2,1-2H3. The van der Waals surface area contributed by atoms with Gasteiger partial charge in [0.25, 0.3) is 0 Å². The number of ether oxygens (including phenoxy) is 1. The molecule has 0 amide bonds. The van der Waals surface area contributed by atoms with Crippen LogP contribution in [0.1, 0.15) is 21.7 Å². The van der Waals surface area contributed by atoms with Gasteiger partial charge in [-0.1, -0.05) is 18.2 Å². The van der Waals surface area contributed by atoms with E-state index in [1.54, 1.807) is 0 Å². The van der Waals surface area contributed by atoms with E-state index in [4.69, 9.17) is 9.84 Å². The van der Waals surface area contributed by atoms with Crippen LogP contribution in [0.5, 0.6) is 0 Å². The number of methoxy groups -OCH3 is 1. The van der Waals surface area contributed by atoms with Gasteiger partial charge in [-0.3, -0.25) is 0 Å². The number of aliphatic hydroxyl groups is 1. The lowest BCUT2D eigenvalue weighted by atomic mass is 10.2. The number of hydrogen-bond donors (Lipinski definition) is 1. The molecular weight excluding hydrogens is 232 g/mol. The molecule has 0 saturated heterocycles. The summed E-state index contributed by atoms with van der Waals surface area (Å²) in [5, 5.41) is 13.3. The molecule has 0 aliphatic carbocycles. The number of rotatable bonds is 3. The van der Waals surface area contributed by atoms with Crippen LogP contribution < -0.4 is 0 Å². The molecule has 94 valence electrons. The minimum Gasteiger partial charge on any atom is -0.464 e. The van der Waals surface area contributed by atoms with Gasteiger partial charge in [-0.15, -0.1) is 0 Å². The molecule has 2 aromatic rings. The first-order valence-corrected chi connectivity index (χ1v) is 5.51. The van der Waals surface area contributed by atoms with E-state index >= 15 is 0 Å². The molecule has 5 nitrogen and oxygen atoms in total. The van der Waals surface area contributed by atoms with Crippen molar-refractivity contribution in [3.05, 3.63) is 47.3 Å². The zero-order chi connectivity index (χ0) is 13.1. The minimum absolute atomic E-state index is 0.219. The van der Waals surface area contributed by atoms with Gasteiger partial charge in [0.05, 0.1) is 25.1 Å². The van der Waals surface area contributed by atoms with Crippen molar-refractivity contribution in [2.45, 2.75) is 13.5 Å². The van der Waals surface area contributed by atoms with Gasteiger partial charge in [-0.2, -0.15) is 5.10 Å². The average molecular weight is 246 g/mol. The van der Waals surface area contributed by atoms with Crippen LogP contribution in [0.15, 0.2) is 30.3 Å². The second kappa shape index (κ2) is 5.01. The summed E-state index contributed by atoms with van der Waals surface area (Å²) in [4.78, 5) is 11.7. The maximum atomic E-state index is 11.7. The number of para-hydroxylation sites is 1. The number of aliphatic hydroxyl groups excluding tert-OH is 1. The van der Waals surface area contributed by atoms with Gasteiger partial charge in [0.15, 0.2) is 5.69 Å². The molecule has 0 unspecified atom stereocenters. The summed E-state index contributed by atoms with van der Waals surface area (Å²) in [5.41, 5.74) is 2.50. The van der Waals surface area contributed by atoms with Crippen molar-refractivity contribution in [3.8, 4) is 5.69 Å². The zero-order valence-corrected chi connectivity index (χ0v) is 10.3. The predicted octanol–water partition coefficient (Wildman–Crippen LogP) is 1.46. The summed E-state index contributed by atoms with van der Waals surface area (Å²) in [5.74, 6) is -0.481. The molecule has 0 radical (unpaired) electrons. The summed E-state index contributed by atoms with van der Waals surface area (Å²) in [6, 6.07) is 9.09. The number of hydrogen-bond acceptors (Lipinski definition) is 4. The van der Waals surface area contributed by atoms with Crippen LogP contribution >= 0.6 is 0 Å². The Bertz CT molecular complexity index is 575. The van der Waals surface area contributed by atoms with E-state index in [-0.39, 0.29) is 6.61 Å². The minimum atomic E-state index is -0.481. The SMILES string of the molecule is COC(=O)c1cc(CO)nn1-c1ccccc1C. The highest BCUT2D eigenvalue weighted by molar-refractivity contribution is 5.88. The van der Waals surface area contributed by atoms with Gasteiger partial charge in [0.1, 0.15) is 0 Å². The third-order valence-electron chi connectivity index (χ3n) is 2.66. The Morgan fingerprint density at radius 1 is 1.44 bits per heavy atom. The quantitative estimate of drug-likeness (QED) is 0.833. The summed E-state index contributed by atoms with van der Waals surface area (Å²) in [6.45, 7) is 1.71. The van der Waals surface area contributed by atoms with Gasteiger partial charge in [0, 0.05) is 0 Å². The molecule has 1 heterocycles. The number of nitrogens with zero attached hydrogens (tertiary/aromatic N) is 2. The van der Waals surface area contributed by atoms with Gasteiger partial charge in [-0.25, -0.2) is 9.48 Å². The number of carbonyl (C=O) groups is 1. The van der Waals surface area contributed by atoms with Crippen LogP contribution in [0.2, 0.25) is 0 Å². The van der Waals surface area contributed by atoms with Crippen molar-refractivity contribution < 1.29 is 14.6 Å². The summed E-state index contributed by atoms with van der Waals surface area (Å²) >= 11 is 0. The van der Waals surface area contributed by atoms with Crippen molar-refractivity contribution in [2.75, 3.05) is 7.11 Å². The smallest absolute Gasteiger partial charge is 0.356 e. The zero-order valence-electron chi connectivity index (χ0n) is 10.3. The summed E-state index contributed by atoms with van der Waals surface area (Å²) < 4.78 is 6.21. The van der Waals surface area contributed by atoms with Crippen LogP contribution in [0.25, 0.3) is 5.69 Å². The van der Waals surface area contributed by atoms with Crippen molar-refractivity contribution in [2.24, 2.45) is 0 Å². The Morgan fingerprint density at radius 3 is 2.78 bits per heavy atom. The third kappa shape index (κ3) is 2.12. The van der Waals surface area contributed by atoms with E-state index < -0.39 is 5.97 Å². The lowest BCUT2D eigenvalue weighted by Gasteiger charge is -2.08. The molecule has 1 aromatic carbocycles. The van der Waals surface area contributed by atoms with E-state index in [9.17, 15) is 4.79 Å². The second-order valence-corrected chi connectivity index (χ2v) is 3.87. The number of carbonyl (C=O) groups excluding carboxylic acids is 1. The lowest BCUT2D eigenvalue weighted by molar-refractivity contribution is 0.0590. The molecule has 0 bridgehead atoms. The lowest BCUT2D eigenvalue weighted by Crippen LogP contribution is -2.11. The number of esters is 1. The molecule has 1 aromatic heterocycles. The maximum Gasteiger partial charge on any atom is 0.356 e. The van der Waals surface area contributed by atoms with Crippen LogP contribution in [-0.2, 0) is 11.3 Å². The summed E-state index contributed by atoms with van der Waals surface area (Å²) in [7, 11) is 1.32. The highest BCUT2D eigenvalue weighted by atomic mass is 16.5. The molecule has 0 saturated carbocycles. The number of aryl methyl sites for hydroxylation is 1. The fourth-order valence-corrected chi connectivity index (χ4v) is 1.74. The van der Waals surface area contributed by atoms with Gasteiger partial charge in [0.2, 0.25) is 0 Å². The summed E-state index contributed by atoms with van der Waals surface area (Å²) in [6.07, 6.45) is 0. The first-order valence-electron chi connectivity index (χ1n) is 5.51. The molecule has 0 aliphatic heterocycles. The Labute approximate surface area is 105 Å². The van der Waals surface area contributed by atoms with Gasteiger partial charge < -0.3 is 9.84 Å². The van der Waals surface area contributed by atoms with Crippen LogP contribution in [0, 0.1) is 6.92 Å². The van der Waals surface area contributed by atoms with Crippen LogP contribution in [-0.4, -0.2) is 28.0 Å². The van der Waals surface area contributed by atoms with Crippen LogP contribution in [0.4, 0.5) is 0 Å². The monoisotopic (exact) mass is 246 g/mol. The molecule has 0 spiro atoms. The first kappa shape index (κ1) is 12.3. The molecule has 2 rings (SSSR count). The Hall–Kier alpha value is -2.14. The maximum absolute atomic E-state index is 11.7. The average Bonchev–Trinajstić information content (AvgIpc) is 2.82. The van der Waals surface area contributed by atoms with E-state index in [0.717, 1.165) is 11.3 Å². The van der Waals surface area contributed by atoms with Crippen molar-refractivity contribution in [1.29, 1.82) is 0 Å². The molecule has 0 aliphatic rings. The molecule has 5 heteroatoms. The molecule has 18 heavy (non-hydrogen) atoms. The normalized spacial score (nSPS) is 10.4. The first-order chi connectivity index (χ1) is 8.67. The number of aromatic nitrogens is 2. The highest BCUT2D eigenvalue weighted by Gasteiger charge is 2.17. The fourth-order valence-electron chi connectivity index (χ4n) is 1.74. The number of benzene rings is 1. The van der Waals surface area contributed by atoms with E-state index in [2.05, 4.69) is 5.10 Å². The van der Waals surface area contributed by atoms with Gasteiger partial charge >= 0.3 is 5.97 Å². The molecule has 0 fully saturated rings. The second-order valence-electron chi connectivity index (χ2n) is 3.87. The van der Waals surface area contributed by atoms with Gasteiger partial charge in [-0.05, 0) is 24.6 Å². The fraction of sp³-hybridized carbons (Fsp3) is 0.231. The van der Waals surface area contributed by atoms with Crippen molar-refractivity contribution in [3.63, 3.8) is 0 Å². The predicted molar refractivity (Wildman–Crippen MR) is 65.6 cm³/mol. The van der Waals surface area contributed by atoms with Crippen molar-refractivity contribution in [1.82, 2.24) is 9.78 Å². The Balaban J connectivity index is 2.59. The van der Waals surface area contributed by atoms with E-state index in [1.165, 1.54) is 17.9 Å². The van der Waals surface area contributed by atoms with E-state index in [1.807, 2.05) is 31.2 Å².